The van der Waals surface area contributed by atoms with Crippen LogP contribution in [0.1, 0.15) is 45.4 Å². The fourth-order valence-corrected chi connectivity index (χ4v) is 3.57. The molecule has 2 fully saturated rings. The van der Waals surface area contributed by atoms with Crippen LogP contribution < -0.4 is 5.32 Å². The van der Waals surface area contributed by atoms with Crippen LogP contribution in [0.2, 0.25) is 0 Å². The first-order valence-corrected chi connectivity index (χ1v) is 7.82. The highest BCUT2D eigenvalue weighted by Gasteiger charge is 2.29. The van der Waals surface area contributed by atoms with E-state index in [4.69, 9.17) is 4.74 Å². The summed E-state index contributed by atoms with van der Waals surface area (Å²) in [7, 11) is 2.29. The molecule has 2 aliphatic rings. The minimum absolute atomic E-state index is 0.570. The molecule has 18 heavy (non-hydrogen) atoms. The Morgan fingerprint density at radius 3 is 2.67 bits per heavy atom. The van der Waals surface area contributed by atoms with E-state index in [1.54, 1.807) is 0 Å². The van der Waals surface area contributed by atoms with E-state index in [-0.39, 0.29) is 0 Å². The van der Waals surface area contributed by atoms with Crippen LogP contribution in [0.5, 0.6) is 0 Å². The molecule has 0 radical (unpaired) electrons. The smallest absolute Gasteiger partial charge is 0.0636 e. The third-order valence-electron chi connectivity index (χ3n) is 4.63. The van der Waals surface area contributed by atoms with Crippen LogP contribution in [0, 0.1) is 5.92 Å². The second kappa shape index (κ2) is 7.46. The molecule has 1 N–H and O–H groups in total. The highest BCUT2D eigenvalue weighted by atomic mass is 16.5. The van der Waals surface area contributed by atoms with Gasteiger partial charge in [-0.1, -0.05) is 26.2 Å². The highest BCUT2D eigenvalue weighted by molar-refractivity contribution is 4.87. The van der Waals surface area contributed by atoms with E-state index in [2.05, 4.69) is 24.2 Å². The number of hydrogen-bond acceptors (Lipinski definition) is 3. The second-order valence-corrected chi connectivity index (χ2v) is 6.04. The number of ether oxygens (including phenoxy) is 1. The van der Waals surface area contributed by atoms with Crippen LogP contribution >= 0.6 is 0 Å². The van der Waals surface area contributed by atoms with Gasteiger partial charge in [-0.05, 0) is 38.8 Å². The predicted octanol–water partition coefficient (Wildman–Crippen LogP) is 2.27. The van der Waals surface area contributed by atoms with E-state index in [9.17, 15) is 0 Å². The lowest BCUT2D eigenvalue weighted by Crippen LogP contribution is -2.55. The van der Waals surface area contributed by atoms with Gasteiger partial charge >= 0.3 is 0 Å². The Labute approximate surface area is 112 Å². The molecule has 1 saturated carbocycles. The lowest BCUT2D eigenvalue weighted by atomic mass is 9.88. The number of hydrogen-bond donors (Lipinski definition) is 1. The lowest BCUT2D eigenvalue weighted by Gasteiger charge is -2.40. The summed E-state index contributed by atoms with van der Waals surface area (Å²) in [5, 5.41) is 3.63. The van der Waals surface area contributed by atoms with Gasteiger partial charge in [-0.3, -0.25) is 4.90 Å². The van der Waals surface area contributed by atoms with E-state index in [1.165, 1.54) is 38.6 Å². The summed E-state index contributed by atoms with van der Waals surface area (Å²) in [6.45, 7) is 6.36. The normalized spacial score (nSPS) is 30.8. The first-order valence-electron chi connectivity index (χ1n) is 7.82. The Balaban J connectivity index is 1.82. The number of nitrogens with zero attached hydrogens (tertiary/aromatic N) is 1. The van der Waals surface area contributed by atoms with E-state index < -0.39 is 0 Å². The molecule has 1 aliphatic heterocycles. The quantitative estimate of drug-likeness (QED) is 0.814. The van der Waals surface area contributed by atoms with Gasteiger partial charge in [-0.25, -0.2) is 0 Å². The maximum atomic E-state index is 5.69. The van der Waals surface area contributed by atoms with Gasteiger partial charge < -0.3 is 10.1 Å². The van der Waals surface area contributed by atoms with Crippen molar-refractivity contribution in [3.8, 4) is 0 Å². The molecule has 2 unspecified atom stereocenters. The average molecular weight is 254 g/mol. The molecule has 2 rings (SSSR count). The molecule has 1 heterocycles. The Morgan fingerprint density at radius 2 is 1.94 bits per heavy atom. The third kappa shape index (κ3) is 3.94. The van der Waals surface area contributed by atoms with Gasteiger partial charge in [0, 0.05) is 25.2 Å². The molecule has 1 aliphatic carbocycles. The first kappa shape index (κ1) is 14.3. The molecule has 106 valence electrons. The van der Waals surface area contributed by atoms with E-state index >= 15 is 0 Å². The van der Waals surface area contributed by atoms with Crippen molar-refractivity contribution in [3.63, 3.8) is 0 Å². The molecule has 2 atom stereocenters. The Kier molecular flexibility index (Phi) is 5.93. The van der Waals surface area contributed by atoms with Gasteiger partial charge in [-0.2, -0.15) is 0 Å². The van der Waals surface area contributed by atoms with Gasteiger partial charge in [0.15, 0.2) is 0 Å². The van der Waals surface area contributed by atoms with Crippen LogP contribution in [0.4, 0.5) is 0 Å². The third-order valence-corrected chi connectivity index (χ3v) is 4.63. The number of nitrogens with one attached hydrogen (secondary N) is 1. The Morgan fingerprint density at radius 1 is 1.17 bits per heavy atom. The van der Waals surface area contributed by atoms with Crippen LogP contribution in [-0.4, -0.2) is 50.3 Å². The van der Waals surface area contributed by atoms with Crippen molar-refractivity contribution in [3.05, 3.63) is 0 Å². The van der Waals surface area contributed by atoms with Crippen molar-refractivity contribution in [2.45, 2.75) is 57.5 Å². The Hall–Kier alpha value is -0.120. The summed E-state index contributed by atoms with van der Waals surface area (Å²) in [5.74, 6) is 0.924. The Bertz CT molecular complexity index is 227. The lowest BCUT2D eigenvalue weighted by molar-refractivity contribution is 0.000171. The zero-order chi connectivity index (χ0) is 12.8. The fourth-order valence-electron chi connectivity index (χ4n) is 3.57. The van der Waals surface area contributed by atoms with Crippen molar-refractivity contribution in [1.82, 2.24) is 10.2 Å². The van der Waals surface area contributed by atoms with Crippen LogP contribution in [0.15, 0.2) is 0 Å². The molecule has 1 saturated heterocycles. The van der Waals surface area contributed by atoms with Crippen molar-refractivity contribution in [2.75, 3.05) is 33.4 Å². The summed E-state index contributed by atoms with van der Waals surface area (Å²) in [6.07, 6.45) is 8.36. The predicted molar refractivity (Wildman–Crippen MR) is 75.9 cm³/mol. The molecular weight excluding hydrogens is 224 g/mol. The maximum absolute atomic E-state index is 5.69. The van der Waals surface area contributed by atoms with Crippen LogP contribution in [0.25, 0.3) is 0 Å². The van der Waals surface area contributed by atoms with Crippen molar-refractivity contribution >= 4 is 0 Å². The summed E-state index contributed by atoms with van der Waals surface area (Å²) < 4.78 is 5.69. The molecule has 0 aromatic carbocycles. The topological polar surface area (TPSA) is 24.5 Å². The molecule has 0 aromatic heterocycles. The first-order chi connectivity index (χ1) is 8.81. The van der Waals surface area contributed by atoms with Crippen LogP contribution in [-0.2, 0) is 4.74 Å². The van der Waals surface area contributed by atoms with Gasteiger partial charge in [0.1, 0.15) is 0 Å². The maximum Gasteiger partial charge on any atom is 0.0636 e. The summed E-state index contributed by atoms with van der Waals surface area (Å²) in [6, 6.07) is 1.19. The average Bonchev–Trinajstić information content (AvgIpc) is 2.41. The summed E-state index contributed by atoms with van der Waals surface area (Å²) >= 11 is 0. The van der Waals surface area contributed by atoms with Gasteiger partial charge in [0.2, 0.25) is 0 Å². The second-order valence-electron chi connectivity index (χ2n) is 6.04. The standard InChI is InChI=1S/C15H30N2O/c1-3-16-14-9-10-18-12-15(14)17(2)11-13-7-5-4-6-8-13/h13-16H,3-12H2,1-2H3. The largest absolute Gasteiger partial charge is 0.380 e. The highest BCUT2D eigenvalue weighted by Crippen LogP contribution is 2.25. The van der Waals surface area contributed by atoms with E-state index in [1.807, 2.05) is 0 Å². The summed E-state index contributed by atoms with van der Waals surface area (Å²) in [5.41, 5.74) is 0. The molecule has 3 heteroatoms. The summed E-state index contributed by atoms with van der Waals surface area (Å²) in [4.78, 5) is 2.56. The zero-order valence-electron chi connectivity index (χ0n) is 12.2. The van der Waals surface area contributed by atoms with Gasteiger partial charge in [0.05, 0.1) is 6.61 Å². The van der Waals surface area contributed by atoms with Crippen molar-refractivity contribution < 1.29 is 4.74 Å². The van der Waals surface area contributed by atoms with E-state index in [0.717, 1.165) is 32.1 Å². The molecule has 3 nitrogen and oxygen atoms in total. The number of rotatable bonds is 5. The molecule has 0 aromatic rings. The fraction of sp³-hybridized carbons (Fsp3) is 1.00. The number of likely N-dealkylation sites (N-methyl/N-ethyl adjacent to an activating group) is 2. The van der Waals surface area contributed by atoms with E-state index in [0.29, 0.717) is 12.1 Å². The van der Waals surface area contributed by atoms with Gasteiger partial charge in [-0.15, -0.1) is 0 Å². The van der Waals surface area contributed by atoms with Crippen LogP contribution in [0.3, 0.4) is 0 Å². The van der Waals surface area contributed by atoms with Crippen molar-refractivity contribution in [2.24, 2.45) is 5.92 Å². The molecule has 0 amide bonds. The molecular formula is C15H30N2O. The minimum Gasteiger partial charge on any atom is -0.380 e. The molecule has 0 spiro atoms. The minimum atomic E-state index is 0.570. The van der Waals surface area contributed by atoms with Crippen molar-refractivity contribution in [1.29, 1.82) is 0 Å². The SMILES string of the molecule is CCNC1CCOCC1N(C)CC1CCCCC1. The van der Waals surface area contributed by atoms with Gasteiger partial charge in [0.25, 0.3) is 0 Å². The molecule has 0 bridgehead atoms. The zero-order valence-corrected chi connectivity index (χ0v) is 12.2. The monoisotopic (exact) mass is 254 g/mol.